The van der Waals surface area contributed by atoms with Crippen LogP contribution in [0.4, 0.5) is 17.1 Å². The first-order valence-electron chi connectivity index (χ1n) is 23.2. The first kappa shape index (κ1) is 41.8. The summed E-state index contributed by atoms with van der Waals surface area (Å²) in [5, 5.41) is 4.96. The lowest BCUT2D eigenvalue weighted by Gasteiger charge is -2.31. The van der Waals surface area contributed by atoms with Crippen LogP contribution in [0.1, 0.15) is 71.1 Å². The zero-order chi connectivity index (χ0) is 44.7. The molecule has 9 aromatic carbocycles. The van der Waals surface area contributed by atoms with Gasteiger partial charge in [-0.1, -0.05) is 230 Å². The van der Waals surface area contributed by atoms with Gasteiger partial charge < -0.3 is 4.90 Å². The van der Waals surface area contributed by atoms with Crippen molar-refractivity contribution >= 4 is 44.2 Å². The molecule has 318 valence electrons. The second-order valence-electron chi connectivity index (χ2n) is 19.7. The number of hydrogen-bond donors (Lipinski definition) is 0. The Morgan fingerprint density at radius 3 is 1.34 bits per heavy atom. The quantitative estimate of drug-likeness (QED) is 0.147. The first-order chi connectivity index (χ1) is 31.5. The molecule has 0 saturated heterocycles. The Morgan fingerprint density at radius 1 is 0.385 bits per heavy atom. The summed E-state index contributed by atoms with van der Waals surface area (Å²) in [5.74, 6) is 0. The van der Waals surface area contributed by atoms with Crippen LogP contribution in [0.25, 0.3) is 71.6 Å². The lowest BCUT2D eigenvalue weighted by molar-refractivity contribution is 0.569. The number of anilines is 3. The number of benzene rings is 9. The average Bonchev–Trinajstić information content (AvgIpc) is 3.34. The fourth-order valence-electron chi connectivity index (χ4n) is 9.75. The summed E-state index contributed by atoms with van der Waals surface area (Å²) in [7, 11) is 0. The second kappa shape index (κ2) is 17.1. The number of para-hydroxylation sites is 2. The van der Waals surface area contributed by atoms with E-state index in [0.717, 1.165) is 29.9 Å². The number of nitrogens with zero attached hydrogens (tertiary/aromatic N) is 1. The number of hydrogen-bond acceptors (Lipinski definition) is 1. The van der Waals surface area contributed by atoms with Gasteiger partial charge in [-0.25, -0.2) is 0 Å². The van der Waals surface area contributed by atoms with Gasteiger partial charge >= 0.3 is 0 Å². The highest BCUT2D eigenvalue weighted by Crippen LogP contribution is 2.49. The topological polar surface area (TPSA) is 3.24 Å². The summed E-state index contributed by atoms with van der Waals surface area (Å²) < 4.78 is 0. The molecule has 0 amide bonds. The van der Waals surface area contributed by atoms with Gasteiger partial charge in [-0.2, -0.15) is 0 Å². The standard InChI is InChI=1S/C64H57N/c1-63(2,3)50-41-49(42-51(43-50)64(4,5)6)54-32-18-26-48-28-20-34-58(62(48)54)56-30-14-16-36-60(56)65(52-39-37-45(38-40-52)44-21-9-7-10-22-44)59-35-15-13-29-55(59)57-33-19-27-47-25-17-31-53(61(47)57)46-23-11-8-12-24-46/h7-9,11-21,23-43H,10,22H2,1-6H3. The Hall–Kier alpha value is -7.22. The third-order valence-electron chi connectivity index (χ3n) is 13.3. The van der Waals surface area contributed by atoms with E-state index in [2.05, 4.69) is 259 Å². The second-order valence-corrected chi connectivity index (χ2v) is 19.7. The van der Waals surface area contributed by atoms with E-state index in [1.165, 1.54) is 88.3 Å². The Kier molecular flexibility index (Phi) is 11.0. The SMILES string of the molecule is CC(C)(C)c1cc(-c2cccc3cccc(-c4ccccc4N(c4ccc(C5=CC=CCC5)cc4)c4ccccc4-c4cccc5cccc(-c6ccccc6)c45)c23)cc(C(C)(C)C)c1. The maximum Gasteiger partial charge on any atom is 0.0540 e. The van der Waals surface area contributed by atoms with Crippen LogP contribution >= 0.6 is 0 Å². The largest absolute Gasteiger partial charge is 0.309 e. The van der Waals surface area contributed by atoms with Crippen LogP contribution in [0.2, 0.25) is 0 Å². The van der Waals surface area contributed by atoms with Gasteiger partial charge in [0.05, 0.1) is 11.4 Å². The monoisotopic (exact) mass is 839 g/mol. The van der Waals surface area contributed by atoms with Gasteiger partial charge in [0.2, 0.25) is 0 Å². The maximum absolute atomic E-state index is 2.51. The fraction of sp³-hybridized carbons (Fsp3) is 0.156. The molecule has 1 heteroatoms. The maximum atomic E-state index is 2.51. The van der Waals surface area contributed by atoms with E-state index in [9.17, 15) is 0 Å². The lowest BCUT2D eigenvalue weighted by atomic mass is 9.78. The first-order valence-corrected chi connectivity index (χ1v) is 23.2. The number of rotatable bonds is 8. The van der Waals surface area contributed by atoms with E-state index in [1.54, 1.807) is 0 Å². The zero-order valence-corrected chi connectivity index (χ0v) is 38.6. The van der Waals surface area contributed by atoms with Crippen LogP contribution in [0, 0.1) is 0 Å². The van der Waals surface area contributed by atoms with Crippen LogP contribution in [-0.2, 0) is 10.8 Å². The molecule has 9 aromatic rings. The molecule has 1 nitrogen and oxygen atoms in total. The van der Waals surface area contributed by atoms with Crippen molar-refractivity contribution in [2.75, 3.05) is 4.90 Å². The van der Waals surface area contributed by atoms with Crippen molar-refractivity contribution in [1.82, 2.24) is 0 Å². The predicted octanol–water partition coefficient (Wildman–Crippen LogP) is 18.5. The van der Waals surface area contributed by atoms with Crippen molar-refractivity contribution in [3.63, 3.8) is 0 Å². The molecule has 0 N–H and O–H groups in total. The van der Waals surface area contributed by atoms with Crippen LogP contribution < -0.4 is 4.90 Å². The molecule has 0 aromatic heterocycles. The van der Waals surface area contributed by atoms with Crippen molar-refractivity contribution in [3.8, 4) is 44.5 Å². The molecule has 0 saturated carbocycles. The highest BCUT2D eigenvalue weighted by atomic mass is 15.1. The molecule has 0 bridgehead atoms. The van der Waals surface area contributed by atoms with Crippen LogP contribution in [0.15, 0.2) is 212 Å². The minimum atomic E-state index is -0.00434. The van der Waals surface area contributed by atoms with Gasteiger partial charge in [0.15, 0.2) is 0 Å². The molecule has 0 radical (unpaired) electrons. The number of allylic oxidation sites excluding steroid dienone is 4. The summed E-state index contributed by atoms with van der Waals surface area (Å²) in [5.41, 5.74) is 18.4. The van der Waals surface area contributed by atoms with E-state index < -0.39 is 0 Å². The minimum Gasteiger partial charge on any atom is -0.309 e. The summed E-state index contributed by atoms with van der Waals surface area (Å²) >= 11 is 0. The Morgan fingerprint density at radius 2 is 0.846 bits per heavy atom. The van der Waals surface area contributed by atoms with Crippen LogP contribution in [0.3, 0.4) is 0 Å². The van der Waals surface area contributed by atoms with Crippen molar-refractivity contribution in [3.05, 3.63) is 229 Å². The summed E-state index contributed by atoms with van der Waals surface area (Å²) in [6.07, 6.45) is 8.84. The van der Waals surface area contributed by atoms with E-state index in [4.69, 9.17) is 0 Å². The molecule has 65 heavy (non-hydrogen) atoms. The van der Waals surface area contributed by atoms with Gasteiger partial charge in [-0.3, -0.25) is 0 Å². The molecule has 0 heterocycles. The summed E-state index contributed by atoms with van der Waals surface area (Å²) in [6, 6.07) is 72.5. The predicted molar refractivity (Wildman–Crippen MR) is 282 cm³/mol. The third-order valence-corrected chi connectivity index (χ3v) is 13.3. The molecular formula is C64H57N. The molecule has 1 aliphatic carbocycles. The van der Waals surface area contributed by atoms with E-state index >= 15 is 0 Å². The third kappa shape index (κ3) is 8.13. The molecule has 10 rings (SSSR count). The Bertz CT molecular complexity index is 3220. The Labute approximate surface area is 386 Å². The van der Waals surface area contributed by atoms with Crippen LogP contribution in [-0.4, -0.2) is 0 Å². The van der Waals surface area contributed by atoms with Gasteiger partial charge in [0, 0.05) is 16.8 Å². The fourth-order valence-corrected chi connectivity index (χ4v) is 9.75. The lowest BCUT2D eigenvalue weighted by Crippen LogP contribution is -2.16. The highest BCUT2D eigenvalue weighted by Gasteiger charge is 2.25. The van der Waals surface area contributed by atoms with Crippen molar-refractivity contribution in [2.24, 2.45) is 0 Å². The molecule has 0 unspecified atom stereocenters. The molecular weight excluding hydrogens is 783 g/mol. The Balaban J connectivity index is 1.23. The van der Waals surface area contributed by atoms with Gasteiger partial charge in [-0.05, 0) is 125 Å². The summed E-state index contributed by atoms with van der Waals surface area (Å²) in [6.45, 7) is 14.0. The highest BCUT2D eigenvalue weighted by molar-refractivity contribution is 6.11. The van der Waals surface area contributed by atoms with Gasteiger partial charge in [0.25, 0.3) is 0 Å². The number of fused-ring (bicyclic) bond motifs is 2. The van der Waals surface area contributed by atoms with Crippen molar-refractivity contribution in [1.29, 1.82) is 0 Å². The normalized spacial score (nSPS) is 13.0. The molecule has 0 aliphatic heterocycles. The molecule has 0 fully saturated rings. The van der Waals surface area contributed by atoms with Crippen molar-refractivity contribution in [2.45, 2.75) is 65.2 Å². The molecule has 1 aliphatic rings. The minimum absolute atomic E-state index is 0.00434. The zero-order valence-electron chi connectivity index (χ0n) is 38.6. The van der Waals surface area contributed by atoms with Gasteiger partial charge in [0.1, 0.15) is 0 Å². The average molecular weight is 840 g/mol. The smallest absolute Gasteiger partial charge is 0.0540 e. The summed E-state index contributed by atoms with van der Waals surface area (Å²) in [4.78, 5) is 2.51. The van der Waals surface area contributed by atoms with E-state index in [1.807, 2.05) is 0 Å². The van der Waals surface area contributed by atoms with Crippen molar-refractivity contribution < 1.29 is 0 Å². The molecule has 0 atom stereocenters. The van der Waals surface area contributed by atoms with Gasteiger partial charge in [-0.15, -0.1) is 0 Å². The molecule has 0 spiro atoms. The van der Waals surface area contributed by atoms with E-state index in [-0.39, 0.29) is 10.8 Å². The van der Waals surface area contributed by atoms with Crippen LogP contribution in [0.5, 0.6) is 0 Å². The van der Waals surface area contributed by atoms with E-state index in [0.29, 0.717) is 0 Å².